The first-order valence-electron chi connectivity index (χ1n) is 6.04. The number of hydrogen-bond acceptors (Lipinski definition) is 2. The molecule has 106 valence electrons. The minimum absolute atomic E-state index is 0.0710. The van der Waals surface area contributed by atoms with E-state index in [4.69, 9.17) is 11.6 Å². The third kappa shape index (κ3) is 3.38. The SMILES string of the molecule is CC(F)(CS(=O)(=O)c1ccc(Cl)cc1)c1ccccc1. The Morgan fingerprint density at radius 1 is 1.05 bits per heavy atom. The van der Waals surface area contributed by atoms with Crippen LogP contribution in [0, 0.1) is 0 Å². The van der Waals surface area contributed by atoms with Crippen molar-refractivity contribution in [2.45, 2.75) is 17.5 Å². The number of rotatable bonds is 4. The summed E-state index contributed by atoms with van der Waals surface area (Å²) in [6.45, 7) is 1.27. The van der Waals surface area contributed by atoms with Gasteiger partial charge in [-0.05, 0) is 36.8 Å². The van der Waals surface area contributed by atoms with Gasteiger partial charge in [0.05, 0.1) is 10.6 Å². The monoisotopic (exact) mass is 312 g/mol. The van der Waals surface area contributed by atoms with E-state index in [-0.39, 0.29) is 4.90 Å². The zero-order valence-electron chi connectivity index (χ0n) is 10.9. The quantitative estimate of drug-likeness (QED) is 0.855. The van der Waals surface area contributed by atoms with Crippen molar-refractivity contribution >= 4 is 21.4 Å². The number of benzene rings is 2. The van der Waals surface area contributed by atoms with Gasteiger partial charge in [0.1, 0.15) is 5.67 Å². The Morgan fingerprint density at radius 3 is 2.15 bits per heavy atom. The molecule has 1 atom stereocenters. The van der Waals surface area contributed by atoms with Crippen molar-refractivity contribution in [3.8, 4) is 0 Å². The van der Waals surface area contributed by atoms with Gasteiger partial charge in [-0.2, -0.15) is 0 Å². The van der Waals surface area contributed by atoms with Crippen LogP contribution in [0.1, 0.15) is 12.5 Å². The zero-order valence-corrected chi connectivity index (χ0v) is 12.5. The summed E-state index contributed by atoms with van der Waals surface area (Å²) in [4.78, 5) is 0.0710. The fraction of sp³-hybridized carbons (Fsp3) is 0.200. The third-order valence-electron chi connectivity index (χ3n) is 3.01. The lowest BCUT2D eigenvalue weighted by Crippen LogP contribution is -2.27. The van der Waals surface area contributed by atoms with Crippen LogP contribution in [-0.2, 0) is 15.5 Å². The molecule has 2 nitrogen and oxygen atoms in total. The first-order chi connectivity index (χ1) is 9.31. The van der Waals surface area contributed by atoms with Crippen LogP contribution in [0.25, 0.3) is 0 Å². The first-order valence-corrected chi connectivity index (χ1v) is 8.07. The summed E-state index contributed by atoms with van der Waals surface area (Å²) < 4.78 is 39.2. The highest BCUT2D eigenvalue weighted by molar-refractivity contribution is 7.91. The van der Waals surface area contributed by atoms with E-state index < -0.39 is 21.3 Å². The predicted molar refractivity (Wildman–Crippen MR) is 78.4 cm³/mol. The maximum Gasteiger partial charge on any atom is 0.181 e. The van der Waals surface area contributed by atoms with E-state index in [0.29, 0.717) is 10.6 Å². The Kier molecular flexibility index (Phi) is 4.16. The Hall–Kier alpha value is -1.39. The molecule has 2 aromatic rings. The molecule has 1 unspecified atom stereocenters. The average molecular weight is 313 g/mol. The Morgan fingerprint density at radius 2 is 1.60 bits per heavy atom. The second-order valence-corrected chi connectivity index (χ2v) is 7.20. The summed E-state index contributed by atoms with van der Waals surface area (Å²) in [5.74, 6) is -0.606. The highest BCUT2D eigenvalue weighted by atomic mass is 35.5. The minimum Gasteiger partial charge on any atom is -0.238 e. The van der Waals surface area contributed by atoms with Gasteiger partial charge < -0.3 is 0 Å². The van der Waals surface area contributed by atoms with Gasteiger partial charge in [0.15, 0.2) is 9.84 Å². The molecule has 0 radical (unpaired) electrons. The number of hydrogen-bond donors (Lipinski definition) is 0. The molecule has 2 rings (SSSR count). The normalized spacial score (nSPS) is 14.8. The minimum atomic E-state index is -3.72. The lowest BCUT2D eigenvalue weighted by atomic mass is 10.0. The molecule has 0 aliphatic rings. The van der Waals surface area contributed by atoms with E-state index in [1.165, 1.54) is 31.2 Å². The Labute approximate surface area is 123 Å². The van der Waals surface area contributed by atoms with Crippen LogP contribution >= 0.6 is 11.6 Å². The molecule has 0 amide bonds. The standard InChI is InChI=1S/C15H14ClFO2S/c1-15(17,12-5-3-2-4-6-12)11-20(18,19)14-9-7-13(16)8-10-14/h2-10H,11H2,1H3. The van der Waals surface area contributed by atoms with Crippen molar-refractivity contribution in [3.05, 3.63) is 65.2 Å². The van der Waals surface area contributed by atoms with Crippen molar-refractivity contribution in [1.29, 1.82) is 0 Å². The summed E-state index contributed by atoms with van der Waals surface area (Å²) in [6.07, 6.45) is 0. The van der Waals surface area contributed by atoms with E-state index in [1.54, 1.807) is 30.3 Å². The lowest BCUT2D eigenvalue weighted by molar-refractivity contribution is 0.224. The van der Waals surface area contributed by atoms with Crippen LogP contribution in [0.2, 0.25) is 5.02 Å². The van der Waals surface area contributed by atoms with E-state index in [9.17, 15) is 12.8 Å². The number of alkyl halides is 1. The van der Waals surface area contributed by atoms with Crippen LogP contribution in [0.4, 0.5) is 4.39 Å². The van der Waals surface area contributed by atoms with E-state index in [2.05, 4.69) is 0 Å². The van der Waals surface area contributed by atoms with Crippen LogP contribution in [0.5, 0.6) is 0 Å². The molecular weight excluding hydrogens is 299 g/mol. The second-order valence-electron chi connectivity index (χ2n) is 4.78. The van der Waals surface area contributed by atoms with Crippen molar-refractivity contribution < 1.29 is 12.8 Å². The van der Waals surface area contributed by atoms with E-state index in [0.717, 1.165) is 0 Å². The first kappa shape index (κ1) is 15.0. The Balaban J connectivity index is 2.30. The maximum absolute atomic E-state index is 14.7. The fourth-order valence-electron chi connectivity index (χ4n) is 1.95. The smallest absolute Gasteiger partial charge is 0.181 e. The number of halogens is 2. The highest BCUT2D eigenvalue weighted by Gasteiger charge is 2.33. The van der Waals surface area contributed by atoms with Crippen LogP contribution in [-0.4, -0.2) is 14.2 Å². The van der Waals surface area contributed by atoms with Crippen molar-refractivity contribution in [2.24, 2.45) is 0 Å². The molecule has 0 N–H and O–H groups in total. The summed E-state index contributed by atoms with van der Waals surface area (Å²) in [5, 5.41) is 0.440. The molecule has 0 heterocycles. The van der Waals surface area contributed by atoms with Gasteiger partial charge in [-0.15, -0.1) is 0 Å². The van der Waals surface area contributed by atoms with Crippen LogP contribution in [0.15, 0.2) is 59.5 Å². The second kappa shape index (κ2) is 5.54. The molecule has 0 bridgehead atoms. The van der Waals surface area contributed by atoms with Gasteiger partial charge in [0, 0.05) is 5.02 Å². The van der Waals surface area contributed by atoms with Gasteiger partial charge in [0.2, 0.25) is 0 Å². The molecule has 0 spiro atoms. The molecule has 0 aliphatic heterocycles. The summed E-state index contributed by atoms with van der Waals surface area (Å²) in [5.41, 5.74) is -1.60. The molecule has 20 heavy (non-hydrogen) atoms. The maximum atomic E-state index is 14.7. The van der Waals surface area contributed by atoms with Crippen molar-refractivity contribution in [2.75, 3.05) is 5.75 Å². The van der Waals surface area contributed by atoms with E-state index in [1.807, 2.05) is 0 Å². The summed E-state index contributed by atoms with van der Waals surface area (Å²) in [6, 6.07) is 14.0. The predicted octanol–water partition coefficient (Wildman–Crippen LogP) is 4.00. The summed E-state index contributed by atoms with van der Waals surface area (Å²) >= 11 is 5.72. The highest BCUT2D eigenvalue weighted by Crippen LogP contribution is 2.29. The molecule has 2 aromatic carbocycles. The van der Waals surface area contributed by atoms with Gasteiger partial charge in [-0.3, -0.25) is 0 Å². The summed E-state index contributed by atoms with van der Waals surface area (Å²) in [7, 11) is -3.72. The van der Waals surface area contributed by atoms with E-state index >= 15 is 0 Å². The van der Waals surface area contributed by atoms with Crippen molar-refractivity contribution in [3.63, 3.8) is 0 Å². The fourth-order valence-corrected chi connectivity index (χ4v) is 3.67. The van der Waals surface area contributed by atoms with Gasteiger partial charge >= 0.3 is 0 Å². The average Bonchev–Trinajstić information content (AvgIpc) is 2.39. The van der Waals surface area contributed by atoms with Gasteiger partial charge in [-0.25, -0.2) is 12.8 Å². The molecule has 0 saturated heterocycles. The van der Waals surface area contributed by atoms with Gasteiger partial charge in [0.25, 0.3) is 0 Å². The van der Waals surface area contributed by atoms with Crippen molar-refractivity contribution in [1.82, 2.24) is 0 Å². The number of sulfone groups is 1. The molecule has 0 aromatic heterocycles. The van der Waals surface area contributed by atoms with Crippen LogP contribution in [0.3, 0.4) is 0 Å². The molecule has 5 heteroatoms. The largest absolute Gasteiger partial charge is 0.238 e. The molecule has 0 aliphatic carbocycles. The Bertz CT molecular complexity index is 680. The molecular formula is C15H14ClFO2S. The lowest BCUT2D eigenvalue weighted by Gasteiger charge is -2.20. The van der Waals surface area contributed by atoms with Crippen LogP contribution < -0.4 is 0 Å². The topological polar surface area (TPSA) is 34.1 Å². The zero-order chi connectivity index (χ0) is 14.8. The molecule has 0 fully saturated rings. The third-order valence-corrected chi connectivity index (χ3v) is 5.17. The molecule has 0 saturated carbocycles. The van der Waals surface area contributed by atoms with Gasteiger partial charge in [-0.1, -0.05) is 41.9 Å².